The maximum atomic E-state index is 9.73. The van der Waals surface area contributed by atoms with E-state index in [2.05, 4.69) is 12.2 Å². The largest absolute Gasteiger partial charge is 0.497 e. The highest BCUT2D eigenvalue weighted by molar-refractivity contribution is 7.99. The molecule has 0 saturated carbocycles. The monoisotopic (exact) mass is 255 g/mol. The fourth-order valence-electron chi connectivity index (χ4n) is 1.37. The molecular weight excluding hydrogens is 234 g/mol. The Bertz CT molecular complexity index is 303. The lowest BCUT2D eigenvalue weighted by Gasteiger charge is -2.11. The molecule has 0 aliphatic rings. The van der Waals surface area contributed by atoms with Gasteiger partial charge in [0.05, 0.1) is 13.2 Å². The molecule has 0 heterocycles. The highest BCUT2D eigenvalue weighted by Crippen LogP contribution is 2.21. The van der Waals surface area contributed by atoms with Gasteiger partial charge in [0.25, 0.3) is 0 Å². The van der Waals surface area contributed by atoms with Gasteiger partial charge in [-0.05, 0) is 37.2 Å². The van der Waals surface area contributed by atoms with E-state index in [0.717, 1.165) is 23.6 Å². The van der Waals surface area contributed by atoms with Crippen molar-refractivity contribution in [1.82, 2.24) is 5.32 Å². The van der Waals surface area contributed by atoms with Crippen LogP contribution in [0.3, 0.4) is 0 Å². The Morgan fingerprint density at radius 1 is 1.35 bits per heavy atom. The third kappa shape index (κ3) is 5.96. The van der Waals surface area contributed by atoms with Gasteiger partial charge in [0, 0.05) is 17.2 Å². The molecule has 0 amide bonds. The smallest absolute Gasteiger partial charge is 0.118 e. The second-order valence-electron chi connectivity index (χ2n) is 3.84. The summed E-state index contributed by atoms with van der Waals surface area (Å²) in [4.78, 5) is 1.15. The summed E-state index contributed by atoms with van der Waals surface area (Å²) in [5.74, 6) is 1.57. The van der Waals surface area contributed by atoms with E-state index in [1.807, 2.05) is 24.3 Å². The molecule has 0 aliphatic heterocycles. The molecule has 0 aromatic heterocycles. The maximum Gasteiger partial charge on any atom is 0.118 e. The van der Waals surface area contributed by atoms with Crippen LogP contribution in [0.2, 0.25) is 0 Å². The first-order valence-corrected chi connectivity index (χ1v) is 6.90. The van der Waals surface area contributed by atoms with Crippen LogP contribution < -0.4 is 10.1 Å². The van der Waals surface area contributed by atoms with Crippen LogP contribution in [0.5, 0.6) is 5.75 Å². The van der Waals surface area contributed by atoms with Crippen molar-refractivity contribution in [3.63, 3.8) is 0 Å². The van der Waals surface area contributed by atoms with Gasteiger partial charge in [-0.15, -0.1) is 11.8 Å². The maximum absolute atomic E-state index is 9.73. The minimum atomic E-state index is -0.298. The van der Waals surface area contributed by atoms with E-state index >= 15 is 0 Å². The van der Waals surface area contributed by atoms with Crippen molar-refractivity contribution in [2.45, 2.75) is 24.3 Å². The van der Waals surface area contributed by atoms with Crippen molar-refractivity contribution in [3.8, 4) is 5.75 Å². The third-order valence-electron chi connectivity index (χ3n) is 2.31. The zero-order valence-electron chi connectivity index (χ0n) is 10.5. The molecule has 96 valence electrons. The second-order valence-corrected chi connectivity index (χ2v) is 4.94. The van der Waals surface area contributed by atoms with Gasteiger partial charge in [-0.1, -0.05) is 6.92 Å². The first-order valence-electron chi connectivity index (χ1n) is 5.92. The van der Waals surface area contributed by atoms with Crippen molar-refractivity contribution >= 4 is 11.8 Å². The fraction of sp³-hybridized carbons (Fsp3) is 0.538. The quantitative estimate of drug-likeness (QED) is 0.552. The van der Waals surface area contributed by atoms with Crippen molar-refractivity contribution in [2.24, 2.45) is 0 Å². The van der Waals surface area contributed by atoms with Crippen molar-refractivity contribution in [1.29, 1.82) is 0 Å². The van der Waals surface area contributed by atoms with E-state index in [1.54, 1.807) is 18.9 Å². The van der Waals surface area contributed by atoms with Gasteiger partial charge in [0.15, 0.2) is 0 Å². The minimum absolute atomic E-state index is 0.298. The summed E-state index contributed by atoms with van der Waals surface area (Å²) >= 11 is 1.66. The first kappa shape index (κ1) is 14.4. The van der Waals surface area contributed by atoms with Gasteiger partial charge in [-0.2, -0.15) is 0 Å². The van der Waals surface area contributed by atoms with Crippen LogP contribution in [-0.2, 0) is 0 Å². The standard InChI is InChI=1S/C13H21NO2S/c1-3-8-14-9-11(15)10-17-13-6-4-12(16-2)5-7-13/h4-7,11,14-15H,3,8-10H2,1-2H3. The van der Waals surface area contributed by atoms with Crippen LogP contribution in [0, 0.1) is 0 Å². The van der Waals surface area contributed by atoms with Crippen LogP contribution in [0.15, 0.2) is 29.2 Å². The van der Waals surface area contributed by atoms with Crippen LogP contribution in [0.25, 0.3) is 0 Å². The Labute approximate surface area is 108 Å². The SMILES string of the molecule is CCCNCC(O)CSc1ccc(OC)cc1. The number of methoxy groups -OCH3 is 1. The number of hydrogen-bond donors (Lipinski definition) is 2. The zero-order chi connectivity index (χ0) is 12.5. The Balaban J connectivity index is 2.24. The summed E-state index contributed by atoms with van der Waals surface area (Å²) in [6.07, 6.45) is 0.798. The van der Waals surface area contributed by atoms with Crippen LogP contribution in [-0.4, -0.2) is 37.2 Å². The summed E-state index contributed by atoms with van der Waals surface area (Å²) in [6, 6.07) is 7.89. The first-order chi connectivity index (χ1) is 8.26. The molecule has 0 aliphatic carbocycles. The molecule has 1 atom stereocenters. The molecule has 0 spiro atoms. The zero-order valence-corrected chi connectivity index (χ0v) is 11.3. The van der Waals surface area contributed by atoms with Gasteiger partial charge < -0.3 is 15.2 Å². The average Bonchev–Trinajstić information content (AvgIpc) is 2.37. The number of thioether (sulfide) groups is 1. The minimum Gasteiger partial charge on any atom is -0.497 e. The van der Waals surface area contributed by atoms with E-state index in [9.17, 15) is 5.11 Å². The highest BCUT2D eigenvalue weighted by atomic mass is 32.2. The third-order valence-corrected chi connectivity index (χ3v) is 3.47. The van der Waals surface area contributed by atoms with Gasteiger partial charge in [0.2, 0.25) is 0 Å². The Morgan fingerprint density at radius 2 is 2.06 bits per heavy atom. The van der Waals surface area contributed by atoms with E-state index < -0.39 is 0 Å². The molecule has 2 N–H and O–H groups in total. The lowest BCUT2D eigenvalue weighted by Crippen LogP contribution is -2.28. The molecule has 0 radical (unpaired) electrons. The fourth-order valence-corrected chi connectivity index (χ4v) is 2.20. The number of rotatable bonds is 8. The number of aliphatic hydroxyl groups excluding tert-OH is 1. The molecule has 1 aromatic carbocycles. The second kappa shape index (κ2) is 8.39. The summed E-state index contributed by atoms with van der Waals surface area (Å²) < 4.78 is 5.09. The molecule has 3 nitrogen and oxygen atoms in total. The van der Waals surface area contributed by atoms with Crippen molar-refractivity contribution < 1.29 is 9.84 Å². The molecule has 17 heavy (non-hydrogen) atoms. The molecule has 0 saturated heterocycles. The molecule has 1 rings (SSSR count). The van der Waals surface area contributed by atoms with Gasteiger partial charge in [-0.25, -0.2) is 0 Å². The topological polar surface area (TPSA) is 41.5 Å². The summed E-state index contributed by atoms with van der Waals surface area (Å²) in [5.41, 5.74) is 0. The Morgan fingerprint density at radius 3 is 2.65 bits per heavy atom. The molecule has 0 fully saturated rings. The lowest BCUT2D eigenvalue weighted by atomic mass is 10.3. The number of benzene rings is 1. The summed E-state index contributed by atoms with van der Waals surface area (Å²) in [6.45, 7) is 3.74. The summed E-state index contributed by atoms with van der Waals surface area (Å²) in [7, 11) is 1.66. The van der Waals surface area contributed by atoms with Crippen molar-refractivity contribution in [3.05, 3.63) is 24.3 Å². The van der Waals surface area contributed by atoms with Gasteiger partial charge >= 0.3 is 0 Å². The van der Waals surface area contributed by atoms with Crippen LogP contribution in [0.1, 0.15) is 13.3 Å². The predicted octanol–water partition coefficient (Wildman–Crippen LogP) is 2.15. The molecule has 4 heteroatoms. The molecule has 1 aromatic rings. The normalized spacial score (nSPS) is 12.4. The van der Waals surface area contributed by atoms with E-state index in [0.29, 0.717) is 12.3 Å². The van der Waals surface area contributed by atoms with Gasteiger partial charge in [0.1, 0.15) is 5.75 Å². The van der Waals surface area contributed by atoms with E-state index in [-0.39, 0.29) is 6.10 Å². The molecular formula is C13H21NO2S. The van der Waals surface area contributed by atoms with Crippen LogP contribution >= 0.6 is 11.8 Å². The average molecular weight is 255 g/mol. The number of ether oxygens (including phenoxy) is 1. The van der Waals surface area contributed by atoms with Gasteiger partial charge in [-0.3, -0.25) is 0 Å². The highest BCUT2D eigenvalue weighted by Gasteiger charge is 2.04. The van der Waals surface area contributed by atoms with E-state index in [4.69, 9.17) is 4.74 Å². The Hall–Kier alpha value is -0.710. The number of hydrogen-bond acceptors (Lipinski definition) is 4. The lowest BCUT2D eigenvalue weighted by molar-refractivity contribution is 0.196. The predicted molar refractivity (Wildman–Crippen MR) is 72.9 cm³/mol. The Kier molecular flexibility index (Phi) is 7.08. The summed E-state index contributed by atoms with van der Waals surface area (Å²) in [5, 5.41) is 12.9. The van der Waals surface area contributed by atoms with Crippen molar-refractivity contribution in [2.75, 3.05) is 26.0 Å². The molecule has 1 unspecified atom stereocenters. The van der Waals surface area contributed by atoms with Crippen LogP contribution in [0.4, 0.5) is 0 Å². The molecule has 0 bridgehead atoms. The number of aliphatic hydroxyl groups is 1. The number of nitrogens with one attached hydrogen (secondary N) is 1. The van der Waals surface area contributed by atoms with E-state index in [1.165, 1.54) is 0 Å².